The Balaban J connectivity index is 3.18. The van der Waals surface area contributed by atoms with E-state index in [1.165, 1.54) is 0 Å². The molecule has 0 heterocycles. The fourth-order valence-electron chi connectivity index (χ4n) is 0.785. The van der Waals surface area contributed by atoms with E-state index in [1.807, 2.05) is 13.8 Å². The van der Waals surface area contributed by atoms with Gasteiger partial charge in [-0.25, -0.2) is 4.79 Å². The highest BCUT2D eigenvalue weighted by Crippen LogP contribution is 1.94. The molecule has 1 N–H and O–H groups in total. The second kappa shape index (κ2) is 8.81. The maximum absolute atomic E-state index is 10.9. The third-order valence-electron chi connectivity index (χ3n) is 1.46. The Labute approximate surface area is 86.0 Å². The molecular formula is C10H21NO3. The minimum absolute atomic E-state index is 0.348. The summed E-state index contributed by atoms with van der Waals surface area (Å²) in [6.45, 7) is 8.48. The van der Waals surface area contributed by atoms with E-state index in [-0.39, 0.29) is 0 Å². The maximum atomic E-state index is 10.9. The first kappa shape index (κ1) is 13.2. The van der Waals surface area contributed by atoms with Gasteiger partial charge in [-0.3, -0.25) is 0 Å². The van der Waals surface area contributed by atoms with E-state index < -0.39 is 6.16 Å². The molecule has 0 aromatic rings. The van der Waals surface area contributed by atoms with Gasteiger partial charge in [0.05, 0.1) is 6.61 Å². The smallest absolute Gasteiger partial charge is 0.434 e. The SMILES string of the molecule is CCCNCCOC(=O)OCC(C)C. The van der Waals surface area contributed by atoms with Gasteiger partial charge < -0.3 is 14.8 Å². The van der Waals surface area contributed by atoms with Gasteiger partial charge in [0.1, 0.15) is 6.61 Å². The number of hydrogen-bond donors (Lipinski definition) is 1. The van der Waals surface area contributed by atoms with Crippen LogP contribution >= 0.6 is 0 Å². The van der Waals surface area contributed by atoms with Gasteiger partial charge in [-0.1, -0.05) is 20.8 Å². The van der Waals surface area contributed by atoms with Crippen molar-refractivity contribution in [1.82, 2.24) is 5.32 Å². The first-order valence-electron chi connectivity index (χ1n) is 5.17. The summed E-state index contributed by atoms with van der Waals surface area (Å²) in [7, 11) is 0. The van der Waals surface area contributed by atoms with Crippen molar-refractivity contribution in [2.45, 2.75) is 27.2 Å². The Morgan fingerprint density at radius 3 is 2.57 bits per heavy atom. The minimum Gasteiger partial charge on any atom is -0.434 e. The Hall–Kier alpha value is -0.770. The largest absolute Gasteiger partial charge is 0.508 e. The number of rotatable bonds is 7. The highest BCUT2D eigenvalue weighted by molar-refractivity contribution is 5.59. The first-order valence-corrected chi connectivity index (χ1v) is 5.17. The third-order valence-corrected chi connectivity index (χ3v) is 1.46. The van der Waals surface area contributed by atoms with Crippen LogP contribution in [0.1, 0.15) is 27.2 Å². The van der Waals surface area contributed by atoms with Crippen molar-refractivity contribution >= 4 is 6.16 Å². The average Bonchev–Trinajstić information content (AvgIpc) is 2.14. The Morgan fingerprint density at radius 2 is 2.00 bits per heavy atom. The van der Waals surface area contributed by atoms with Crippen LogP contribution in [0.4, 0.5) is 4.79 Å². The van der Waals surface area contributed by atoms with E-state index in [2.05, 4.69) is 12.2 Å². The molecular weight excluding hydrogens is 182 g/mol. The summed E-state index contributed by atoms with van der Waals surface area (Å²) in [6.07, 6.45) is 0.509. The van der Waals surface area contributed by atoms with E-state index in [0.29, 0.717) is 25.7 Å². The molecule has 0 saturated heterocycles. The van der Waals surface area contributed by atoms with E-state index in [0.717, 1.165) is 13.0 Å². The number of carbonyl (C=O) groups is 1. The van der Waals surface area contributed by atoms with Crippen LogP contribution in [0.3, 0.4) is 0 Å². The molecule has 0 unspecified atom stereocenters. The van der Waals surface area contributed by atoms with Crippen LogP contribution in [-0.4, -0.2) is 32.5 Å². The lowest BCUT2D eigenvalue weighted by molar-refractivity contribution is 0.0483. The minimum atomic E-state index is -0.572. The third kappa shape index (κ3) is 9.32. The highest BCUT2D eigenvalue weighted by Gasteiger charge is 2.04. The second-order valence-corrected chi connectivity index (χ2v) is 3.55. The van der Waals surface area contributed by atoms with Crippen LogP contribution in [0.5, 0.6) is 0 Å². The summed E-state index contributed by atoms with van der Waals surface area (Å²) in [5, 5.41) is 3.12. The van der Waals surface area contributed by atoms with Crippen molar-refractivity contribution in [3.05, 3.63) is 0 Å². The molecule has 0 spiro atoms. The van der Waals surface area contributed by atoms with Crippen molar-refractivity contribution < 1.29 is 14.3 Å². The Morgan fingerprint density at radius 1 is 1.29 bits per heavy atom. The van der Waals surface area contributed by atoms with Crippen LogP contribution in [0.25, 0.3) is 0 Å². The quantitative estimate of drug-likeness (QED) is 0.506. The van der Waals surface area contributed by atoms with Crippen LogP contribution in [-0.2, 0) is 9.47 Å². The summed E-state index contributed by atoms with van der Waals surface area (Å²) >= 11 is 0. The molecule has 0 rings (SSSR count). The fourth-order valence-corrected chi connectivity index (χ4v) is 0.785. The molecule has 0 atom stereocenters. The lowest BCUT2D eigenvalue weighted by Crippen LogP contribution is -2.22. The molecule has 0 radical (unpaired) electrons. The van der Waals surface area contributed by atoms with Crippen molar-refractivity contribution in [3.63, 3.8) is 0 Å². The molecule has 84 valence electrons. The van der Waals surface area contributed by atoms with Gasteiger partial charge in [0.15, 0.2) is 0 Å². The van der Waals surface area contributed by atoms with Gasteiger partial charge in [-0.2, -0.15) is 0 Å². The fraction of sp³-hybridized carbons (Fsp3) is 0.900. The summed E-state index contributed by atoms with van der Waals surface area (Å²) < 4.78 is 9.64. The van der Waals surface area contributed by atoms with Gasteiger partial charge in [-0.15, -0.1) is 0 Å². The molecule has 14 heavy (non-hydrogen) atoms. The normalized spacial score (nSPS) is 10.3. The van der Waals surface area contributed by atoms with Gasteiger partial charge in [-0.05, 0) is 18.9 Å². The standard InChI is InChI=1S/C10H21NO3/c1-4-5-11-6-7-13-10(12)14-8-9(2)3/h9,11H,4-8H2,1-3H3. The van der Waals surface area contributed by atoms with Crippen molar-refractivity contribution in [2.75, 3.05) is 26.3 Å². The van der Waals surface area contributed by atoms with Crippen molar-refractivity contribution in [2.24, 2.45) is 5.92 Å². The van der Waals surface area contributed by atoms with Gasteiger partial charge >= 0.3 is 6.16 Å². The second-order valence-electron chi connectivity index (χ2n) is 3.55. The number of hydrogen-bond acceptors (Lipinski definition) is 4. The van der Waals surface area contributed by atoms with E-state index in [1.54, 1.807) is 0 Å². The lowest BCUT2D eigenvalue weighted by Gasteiger charge is -2.08. The predicted molar refractivity (Wildman–Crippen MR) is 55.3 cm³/mol. The van der Waals surface area contributed by atoms with Crippen LogP contribution in [0, 0.1) is 5.92 Å². The Bertz CT molecular complexity index is 148. The van der Waals surface area contributed by atoms with Crippen LogP contribution < -0.4 is 5.32 Å². The molecule has 0 aliphatic carbocycles. The topological polar surface area (TPSA) is 47.6 Å². The molecule has 0 aliphatic heterocycles. The van der Waals surface area contributed by atoms with Crippen molar-refractivity contribution in [1.29, 1.82) is 0 Å². The number of nitrogens with one attached hydrogen (secondary N) is 1. The summed E-state index contributed by atoms with van der Waals surface area (Å²) in [5.74, 6) is 0.348. The maximum Gasteiger partial charge on any atom is 0.508 e. The lowest BCUT2D eigenvalue weighted by atomic mass is 10.2. The molecule has 4 heteroatoms. The summed E-state index contributed by atoms with van der Waals surface area (Å²) in [6, 6.07) is 0. The monoisotopic (exact) mass is 203 g/mol. The molecule has 0 bridgehead atoms. The molecule has 0 aliphatic rings. The van der Waals surface area contributed by atoms with Gasteiger partial charge in [0, 0.05) is 6.54 Å². The zero-order valence-electron chi connectivity index (χ0n) is 9.34. The van der Waals surface area contributed by atoms with E-state index >= 15 is 0 Å². The number of carbonyl (C=O) groups excluding carboxylic acids is 1. The van der Waals surface area contributed by atoms with Crippen LogP contribution in [0.15, 0.2) is 0 Å². The molecule has 0 amide bonds. The van der Waals surface area contributed by atoms with Gasteiger partial charge in [0.2, 0.25) is 0 Å². The van der Waals surface area contributed by atoms with E-state index in [9.17, 15) is 4.79 Å². The zero-order chi connectivity index (χ0) is 10.8. The predicted octanol–water partition coefficient (Wildman–Crippen LogP) is 1.80. The molecule has 4 nitrogen and oxygen atoms in total. The van der Waals surface area contributed by atoms with E-state index in [4.69, 9.17) is 9.47 Å². The summed E-state index contributed by atoms with van der Waals surface area (Å²) in [5.41, 5.74) is 0. The van der Waals surface area contributed by atoms with Gasteiger partial charge in [0.25, 0.3) is 0 Å². The zero-order valence-corrected chi connectivity index (χ0v) is 9.34. The van der Waals surface area contributed by atoms with Crippen molar-refractivity contribution in [3.8, 4) is 0 Å². The highest BCUT2D eigenvalue weighted by atomic mass is 16.7. The molecule has 0 aromatic heterocycles. The first-order chi connectivity index (χ1) is 6.66. The van der Waals surface area contributed by atoms with Crippen LogP contribution in [0.2, 0.25) is 0 Å². The average molecular weight is 203 g/mol. The Kier molecular flexibility index (Phi) is 8.33. The molecule has 0 aromatic carbocycles. The molecule has 0 saturated carbocycles. The summed E-state index contributed by atoms with van der Waals surface area (Å²) in [4.78, 5) is 10.9. The number of ether oxygens (including phenoxy) is 2. The molecule has 0 fully saturated rings.